The Morgan fingerprint density at radius 2 is 1.37 bits per heavy atom. The van der Waals surface area contributed by atoms with E-state index in [1.807, 2.05) is 66.7 Å². The van der Waals surface area contributed by atoms with Crippen molar-refractivity contribution in [3.05, 3.63) is 161 Å². The number of nitrogens with two attached hydrogens (primary N) is 1. The lowest BCUT2D eigenvalue weighted by atomic mass is 9.78. The van der Waals surface area contributed by atoms with E-state index in [0.29, 0.717) is 44.7 Å². The van der Waals surface area contributed by atoms with Crippen LogP contribution in [-0.2, 0) is 53.8 Å². The van der Waals surface area contributed by atoms with Crippen LogP contribution in [0, 0.1) is 5.92 Å². The summed E-state index contributed by atoms with van der Waals surface area (Å²) in [5, 5.41) is 9.18. The van der Waals surface area contributed by atoms with Crippen LogP contribution < -0.4 is 19.9 Å². The number of fused-ring (bicyclic) bond motifs is 1. The molecule has 0 radical (unpaired) electrons. The topological polar surface area (TPSA) is 120 Å². The molecule has 10 heteroatoms. The van der Waals surface area contributed by atoms with Gasteiger partial charge in [0.25, 0.3) is 0 Å². The molecule has 3 N–H and O–H groups in total. The average molecular weight is 818 g/mol. The average Bonchev–Trinajstić information content (AvgIpc) is 3.26. The van der Waals surface area contributed by atoms with Crippen LogP contribution in [0.2, 0.25) is 0 Å². The first-order chi connectivity index (χ1) is 28.8. The summed E-state index contributed by atoms with van der Waals surface area (Å²) < 4.78 is 42.2. The standard InChI is InChI=1S/C49H59N3O6S/c1-2-31-51-46(21-13-6-14-32-52(49(53)58-37-41-19-11-5-12-20-41)33-30-38-22-26-44(27-23-38)59(50,54)55)43-24-28-45-42(34-43)25-29-47(56-35-39-15-7-3-8-16-39)48(45)57-36-40-17-9-4-10-18-40/h3-5,7-12,15-20,22-23,25-27,29,43,46,51H,2,6,13-14,21,24,28,30-37H2,1H3,(H2,50,54,55)/t43?,46-/m0/s1. The summed E-state index contributed by atoms with van der Waals surface area (Å²) in [5.74, 6) is 2.16. The van der Waals surface area contributed by atoms with Crippen molar-refractivity contribution in [3.8, 4) is 11.5 Å². The minimum atomic E-state index is -3.77. The van der Waals surface area contributed by atoms with Gasteiger partial charge in [0, 0.05) is 24.7 Å². The van der Waals surface area contributed by atoms with Crippen molar-refractivity contribution < 1.29 is 27.4 Å². The molecular weight excluding hydrogens is 759 g/mol. The molecule has 6 rings (SSSR count). The van der Waals surface area contributed by atoms with Crippen LogP contribution in [0.5, 0.6) is 11.5 Å². The van der Waals surface area contributed by atoms with E-state index in [9.17, 15) is 13.2 Å². The van der Waals surface area contributed by atoms with E-state index in [2.05, 4.69) is 48.6 Å². The second-order valence-electron chi connectivity index (χ2n) is 15.5. The summed E-state index contributed by atoms with van der Waals surface area (Å²) >= 11 is 0. The first-order valence-electron chi connectivity index (χ1n) is 21.1. The first kappa shape index (κ1) is 43.4. The van der Waals surface area contributed by atoms with Gasteiger partial charge in [-0.05, 0) is 103 Å². The molecule has 1 aliphatic rings. The second kappa shape index (κ2) is 22.3. The quantitative estimate of drug-likeness (QED) is 0.0668. The van der Waals surface area contributed by atoms with Crippen molar-refractivity contribution in [2.75, 3.05) is 19.6 Å². The molecule has 1 amide bonds. The maximum absolute atomic E-state index is 13.4. The molecule has 312 valence electrons. The van der Waals surface area contributed by atoms with Crippen molar-refractivity contribution in [1.29, 1.82) is 0 Å². The van der Waals surface area contributed by atoms with E-state index in [1.165, 1.54) is 23.3 Å². The number of nitrogens with one attached hydrogen (secondary N) is 1. The smallest absolute Gasteiger partial charge is 0.410 e. The molecular formula is C49H59N3O6S. The maximum atomic E-state index is 13.4. The maximum Gasteiger partial charge on any atom is 0.410 e. The van der Waals surface area contributed by atoms with E-state index in [4.69, 9.17) is 19.3 Å². The van der Waals surface area contributed by atoms with Gasteiger partial charge in [-0.3, -0.25) is 0 Å². The number of carbonyl (C=O) groups excluding carboxylic acids is 1. The Kier molecular flexibility index (Phi) is 16.4. The molecule has 1 unspecified atom stereocenters. The minimum absolute atomic E-state index is 0.0698. The third kappa shape index (κ3) is 13.4. The lowest BCUT2D eigenvalue weighted by molar-refractivity contribution is 0.0957. The van der Waals surface area contributed by atoms with Crippen LogP contribution in [0.3, 0.4) is 0 Å². The van der Waals surface area contributed by atoms with Crippen molar-refractivity contribution in [2.45, 2.75) is 95.5 Å². The lowest BCUT2D eigenvalue weighted by Gasteiger charge is -2.33. The molecule has 0 heterocycles. The highest BCUT2D eigenvalue weighted by molar-refractivity contribution is 7.89. The molecule has 59 heavy (non-hydrogen) atoms. The lowest BCUT2D eigenvalue weighted by Crippen LogP contribution is -2.39. The van der Waals surface area contributed by atoms with Crippen molar-refractivity contribution >= 4 is 16.1 Å². The molecule has 5 aromatic carbocycles. The predicted octanol–water partition coefficient (Wildman–Crippen LogP) is 9.41. The van der Waals surface area contributed by atoms with Crippen LogP contribution in [0.1, 0.15) is 78.8 Å². The third-order valence-electron chi connectivity index (χ3n) is 11.1. The summed E-state index contributed by atoms with van der Waals surface area (Å²) in [6.45, 7) is 5.40. The second-order valence-corrected chi connectivity index (χ2v) is 17.0. The zero-order chi connectivity index (χ0) is 41.3. The molecule has 9 nitrogen and oxygen atoms in total. The Morgan fingerprint density at radius 1 is 0.746 bits per heavy atom. The highest BCUT2D eigenvalue weighted by atomic mass is 32.2. The number of sulfonamides is 1. The van der Waals surface area contributed by atoms with Crippen molar-refractivity contribution in [1.82, 2.24) is 10.2 Å². The minimum Gasteiger partial charge on any atom is -0.485 e. The molecule has 5 aromatic rings. The Balaban J connectivity index is 1.06. The summed E-state index contributed by atoms with van der Waals surface area (Å²) in [7, 11) is -3.77. The van der Waals surface area contributed by atoms with Gasteiger partial charge in [0.1, 0.15) is 19.8 Å². The molecule has 0 aromatic heterocycles. The SMILES string of the molecule is CCCN[C@@H](CCCCCN(CCc1ccc(S(N)(=O)=O)cc1)C(=O)OCc1ccccc1)C1CCc2c(ccc(OCc3ccccc3)c2OCc2ccccc2)C1. The summed E-state index contributed by atoms with van der Waals surface area (Å²) in [6.07, 6.45) is 8.22. The number of unbranched alkanes of at least 4 members (excludes halogenated alkanes) is 2. The molecule has 0 aliphatic heterocycles. The van der Waals surface area contributed by atoms with E-state index in [0.717, 1.165) is 91.7 Å². The van der Waals surface area contributed by atoms with Gasteiger partial charge in [0.05, 0.1) is 4.90 Å². The Morgan fingerprint density at radius 3 is 2.00 bits per heavy atom. The number of benzene rings is 5. The highest BCUT2D eigenvalue weighted by Gasteiger charge is 2.29. The van der Waals surface area contributed by atoms with Gasteiger partial charge in [0.2, 0.25) is 10.0 Å². The van der Waals surface area contributed by atoms with E-state index >= 15 is 0 Å². The van der Waals surface area contributed by atoms with Crippen molar-refractivity contribution in [2.24, 2.45) is 11.1 Å². The number of amides is 1. The number of hydrogen-bond acceptors (Lipinski definition) is 7. The van der Waals surface area contributed by atoms with Gasteiger partial charge < -0.3 is 24.4 Å². The number of ether oxygens (including phenoxy) is 3. The summed E-state index contributed by atoms with van der Waals surface area (Å²) in [6, 6.07) is 41.5. The Hall–Kier alpha value is -5.16. The van der Waals surface area contributed by atoms with Gasteiger partial charge in [-0.25, -0.2) is 18.4 Å². The van der Waals surface area contributed by atoms with Crippen LogP contribution in [0.4, 0.5) is 4.79 Å². The Labute approximate surface area is 351 Å². The summed E-state index contributed by atoms with van der Waals surface area (Å²) in [4.78, 5) is 15.2. The molecule has 0 fully saturated rings. The molecule has 0 saturated carbocycles. The van der Waals surface area contributed by atoms with Crippen LogP contribution in [0.15, 0.2) is 132 Å². The third-order valence-corrected chi connectivity index (χ3v) is 12.0. The Bertz CT molecular complexity index is 2130. The van der Waals surface area contributed by atoms with Gasteiger partial charge in [-0.2, -0.15) is 0 Å². The van der Waals surface area contributed by atoms with Gasteiger partial charge in [-0.1, -0.05) is 129 Å². The van der Waals surface area contributed by atoms with Crippen molar-refractivity contribution in [3.63, 3.8) is 0 Å². The van der Waals surface area contributed by atoms with Crippen LogP contribution in [0.25, 0.3) is 0 Å². The fraction of sp³-hybridized carbons (Fsp3) is 0.367. The number of rotatable bonds is 22. The molecule has 0 bridgehead atoms. The highest BCUT2D eigenvalue weighted by Crippen LogP contribution is 2.41. The molecule has 0 saturated heterocycles. The first-order valence-corrected chi connectivity index (χ1v) is 22.6. The largest absolute Gasteiger partial charge is 0.485 e. The van der Waals surface area contributed by atoms with Crippen LogP contribution >= 0.6 is 0 Å². The normalized spacial score (nSPS) is 14.2. The van der Waals surface area contributed by atoms with E-state index in [-0.39, 0.29) is 17.6 Å². The van der Waals surface area contributed by atoms with Gasteiger partial charge >= 0.3 is 6.09 Å². The number of carbonyl (C=O) groups is 1. The van der Waals surface area contributed by atoms with Crippen LogP contribution in [-0.4, -0.2) is 45.1 Å². The zero-order valence-electron chi connectivity index (χ0n) is 34.3. The fourth-order valence-corrected chi connectivity index (χ4v) is 8.32. The predicted molar refractivity (Wildman–Crippen MR) is 234 cm³/mol. The molecule has 1 aliphatic carbocycles. The fourth-order valence-electron chi connectivity index (χ4n) is 7.80. The van der Waals surface area contributed by atoms with E-state index in [1.54, 1.807) is 17.0 Å². The van der Waals surface area contributed by atoms with E-state index < -0.39 is 10.0 Å². The molecule has 0 spiro atoms. The molecule has 2 atom stereocenters. The van der Waals surface area contributed by atoms with Gasteiger partial charge in [0.15, 0.2) is 11.5 Å². The number of nitrogens with zero attached hydrogens (tertiary/aromatic N) is 1. The number of primary sulfonamides is 1. The number of hydrogen-bond donors (Lipinski definition) is 2. The zero-order valence-corrected chi connectivity index (χ0v) is 35.1. The van der Waals surface area contributed by atoms with Gasteiger partial charge in [-0.15, -0.1) is 0 Å². The summed E-state index contributed by atoms with van der Waals surface area (Å²) in [5.41, 5.74) is 6.70. The monoisotopic (exact) mass is 817 g/mol.